The van der Waals surface area contributed by atoms with Gasteiger partial charge in [-0.1, -0.05) is 30.3 Å². The number of aromatic nitrogens is 3. The Hall–Kier alpha value is -4.46. The molecule has 14 heteroatoms. The van der Waals surface area contributed by atoms with Crippen LogP contribution in [0.25, 0.3) is 0 Å². The van der Waals surface area contributed by atoms with Crippen LogP contribution in [-0.2, 0) is 26.2 Å². The van der Waals surface area contributed by atoms with Crippen LogP contribution in [0.5, 0.6) is 0 Å². The zero-order valence-electron chi connectivity index (χ0n) is 23.1. The molecule has 0 saturated carbocycles. The predicted octanol–water partition coefficient (Wildman–Crippen LogP) is 3.66. The zero-order valence-corrected chi connectivity index (χ0v) is 23.9. The highest BCUT2D eigenvalue weighted by atomic mass is 32.2. The van der Waals surface area contributed by atoms with Crippen LogP contribution < -0.4 is 20.7 Å². The molecule has 2 heterocycles. The van der Waals surface area contributed by atoms with E-state index in [1.165, 1.54) is 29.2 Å². The molecule has 2 aromatic carbocycles. The molecule has 4 N–H and O–H groups in total. The number of anilines is 4. The van der Waals surface area contributed by atoms with Gasteiger partial charge in [-0.15, -0.1) is 0 Å². The van der Waals surface area contributed by atoms with Crippen molar-refractivity contribution in [1.82, 2.24) is 19.9 Å². The first-order valence-electron chi connectivity index (χ1n) is 13.3. The van der Waals surface area contributed by atoms with Crippen molar-refractivity contribution in [2.75, 3.05) is 33.8 Å². The van der Waals surface area contributed by atoms with Crippen LogP contribution >= 0.6 is 0 Å². The Morgan fingerprint density at radius 1 is 1.00 bits per heavy atom. The Labute approximate surface area is 239 Å². The maximum absolute atomic E-state index is 13.0. The Kier molecular flexibility index (Phi) is 9.55. The highest BCUT2D eigenvalue weighted by Crippen LogP contribution is 2.22. The molecule has 1 aliphatic heterocycles. The highest BCUT2D eigenvalue weighted by Gasteiger charge is 2.35. The topological polar surface area (TPSA) is 168 Å². The van der Waals surface area contributed by atoms with Gasteiger partial charge in [-0.25, -0.2) is 17.9 Å². The highest BCUT2D eigenvalue weighted by molar-refractivity contribution is 7.92. The standard InChI is InChI=1S/C27H34N8O5S/c1-4-28-24-31-25(29-18(2)3)33-26(32-24)34-41(38,39)21-14-12-20(13-15-21)30-23(36)22-11-8-16-35(22)27(37)40-17-19-9-6-5-7-10-19/h5-7,9-10,12-15,18,22H,4,8,11,16-17H2,1-3H3,(H,30,36)(H3,28,29,31,32,33,34). The molecule has 0 spiro atoms. The summed E-state index contributed by atoms with van der Waals surface area (Å²) in [5.74, 6) is -0.0610. The number of rotatable bonds is 11. The second-order valence-corrected chi connectivity index (χ2v) is 11.3. The molecule has 4 rings (SSSR count). The van der Waals surface area contributed by atoms with Crippen LogP contribution in [0.2, 0.25) is 0 Å². The van der Waals surface area contributed by atoms with Gasteiger partial charge in [-0.3, -0.25) is 9.69 Å². The van der Waals surface area contributed by atoms with E-state index in [9.17, 15) is 18.0 Å². The van der Waals surface area contributed by atoms with Crippen molar-refractivity contribution in [2.45, 2.75) is 57.2 Å². The van der Waals surface area contributed by atoms with Gasteiger partial charge in [-0.05, 0) is 63.4 Å². The number of carbonyl (C=O) groups excluding carboxylic acids is 2. The summed E-state index contributed by atoms with van der Waals surface area (Å²) in [6, 6.07) is 14.3. The molecule has 13 nitrogen and oxygen atoms in total. The first-order valence-corrected chi connectivity index (χ1v) is 14.8. The molecule has 0 bridgehead atoms. The summed E-state index contributed by atoms with van der Waals surface area (Å²) in [4.78, 5) is 39.5. The number of nitrogens with one attached hydrogen (secondary N) is 4. The molecule has 1 unspecified atom stereocenters. The largest absolute Gasteiger partial charge is 0.445 e. The fourth-order valence-electron chi connectivity index (χ4n) is 4.16. The molecule has 1 aliphatic rings. The number of carbonyl (C=O) groups is 2. The lowest BCUT2D eigenvalue weighted by Gasteiger charge is -2.23. The maximum Gasteiger partial charge on any atom is 0.410 e. The molecule has 1 atom stereocenters. The number of hydrogen-bond donors (Lipinski definition) is 4. The van der Waals surface area contributed by atoms with Crippen molar-refractivity contribution in [3.63, 3.8) is 0 Å². The van der Waals surface area contributed by atoms with Gasteiger partial charge in [0.25, 0.3) is 10.0 Å². The number of benzene rings is 2. The van der Waals surface area contributed by atoms with E-state index in [1.54, 1.807) is 0 Å². The SMILES string of the molecule is CCNc1nc(NC(C)C)nc(NS(=O)(=O)c2ccc(NC(=O)C3CCCN3C(=O)OCc3ccccc3)cc2)n1. The molecule has 2 amide bonds. The summed E-state index contributed by atoms with van der Waals surface area (Å²) in [6.45, 7) is 6.75. The quantitative estimate of drug-likeness (QED) is 0.262. The Balaban J connectivity index is 1.39. The average Bonchev–Trinajstić information content (AvgIpc) is 3.43. The Bertz CT molecular complexity index is 1450. The number of hydrogen-bond acceptors (Lipinski definition) is 10. The fraction of sp³-hybridized carbons (Fsp3) is 0.370. The van der Waals surface area contributed by atoms with E-state index in [2.05, 4.69) is 35.6 Å². The number of ether oxygens (including phenoxy) is 1. The van der Waals surface area contributed by atoms with Gasteiger partial charge < -0.3 is 20.7 Å². The summed E-state index contributed by atoms with van der Waals surface area (Å²) >= 11 is 0. The third-order valence-electron chi connectivity index (χ3n) is 6.04. The minimum Gasteiger partial charge on any atom is -0.445 e. The molecule has 41 heavy (non-hydrogen) atoms. The van der Waals surface area contributed by atoms with Crippen LogP contribution in [0.1, 0.15) is 39.2 Å². The van der Waals surface area contributed by atoms with Crippen molar-refractivity contribution >= 4 is 45.6 Å². The fourth-order valence-corrected chi connectivity index (χ4v) is 5.11. The minimum atomic E-state index is -4.04. The van der Waals surface area contributed by atoms with E-state index < -0.39 is 22.2 Å². The number of nitrogens with zero attached hydrogens (tertiary/aromatic N) is 4. The van der Waals surface area contributed by atoms with Gasteiger partial charge in [0.15, 0.2) is 0 Å². The molecule has 0 aliphatic carbocycles. The van der Waals surface area contributed by atoms with Gasteiger partial charge >= 0.3 is 6.09 Å². The normalized spacial score (nSPS) is 14.9. The van der Waals surface area contributed by atoms with Crippen LogP contribution in [0.15, 0.2) is 59.5 Å². The summed E-state index contributed by atoms with van der Waals surface area (Å²) < 4.78 is 33.8. The van der Waals surface area contributed by atoms with Crippen molar-refractivity contribution in [1.29, 1.82) is 0 Å². The molecule has 0 radical (unpaired) electrons. The van der Waals surface area contributed by atoms with E-state index in [4.69, 9.17) is 4.74 Å². The second kappa shape index (κ2) is 13.3. The van der Waals surface area contributed by atoms with Crippen LogP contribution in [-0.4, -0.2) is 65.4 Å². The van der Waals surface area contributed by atoms with Crippen molar-refractivity contribution < 1.29 is 22.7 Å². The summed E-state index contributed by atoms with van der Waals surface area (Å²) in [6.07, 6.45) is 0.612. The average molecular weight is 583 g/mol. The summed E-state index contributed by atoms with van der Waals surface area (Å²) in [7, 11) is -4.04. The molecular formula is C27H34N8O5S. The number of sulfonamides is 1. The zero-order chi connectivity index (χ0) is 29.4. The van der Waals surface area contributed by atoms with Crippen LogP contribution in [0, 0.1) is 0 Å². The maximum atomic E-state index is 13.0. The van der Waals surface area contributed by atoms with Crippen molar-refractivity contribution in [3.05, 3.63) is 60.2 Å². The third kappa shape index (κ3) is 8.03. The van der Waals surface area contributed by atoms with Crippen molar-refractivity contribution in [3.8, 4) is 0 Å². The lowest BCUT2D eigenvalue weighted by Crippen LogP contribution is -2.43. The third-order valence-corrected chi connectivity index (χ3v) is 7.39. The van der Waals surface area contributed by atoms with Gasteiger partial charge in [-0.2, -0.15) is 15.0 Å². The van der Waals surface area contributed by atoms with E-state index in [0.29, 0.717) is 31.6 Å². The van der Waals surface area contributed by atoms with E-state index in [1.807, 2.05) is 51.1 Å². The van der Waals surface area contributed by atoms with E-state index >= 15 is 0 Å². The summed E-state index contributed by atoms with van der Waals surface area (Å²) in [5.41, 5.74) is 1.24. The molecule has 218 valence electrons. The Morgan fingerprint density at radius 3 is 2.37 bits per heavy atom. The van der Waals surface area contributed by atoms with Gasteiger partial charge in [0.2, 0.25) is 23.8 Å². The molecule has 1 aromatic heterocycles. The molecular weight excluding hydrogens is 548 g/mol. The predicted molar refractivity (Wildman–Crippen MR) is 155 cm³/mol. The molecule has 3 aromatic rings. The summed E-state index contributed by atoms with van der Waals surface area (Å²) in [5, 5.41) is 8.75. The van der Waals surface area contributed by atoms with E-state index in [0.717, 1.165) is 5.56 Å². The number of likely N-dealkylation sites (tertiary alicyclic amines) is 1. The van der Waals surface area contributed by atoms with Crippen LogP contribution in [0.4, 0.5) is 28.3 Å². The lowest BCUT2D eigenvalue weighted by atomic mass is 10.2. The molecule has 1 saturated heterocycles. The first-order chi connectivity index (χ1) is 19.6. The smallest absolute Gasteiger partial charge is 0.410 e. The second-order valence-electron chi connectivity index (χ2n) is 9.65. The minimum absolute atomic E-state index is 0.0235. The lowest BCUT2D eigenvalue weighted by molar-refractivity contribution is -0.120. The van der Waals surface area contributed by atoms with Crippen LogP contribution in [0.3, 0.4) is 0 Å². The number of amides is 2. The van der Waals surface area contributed by atoms with Crippen molar-refractivity contribution in [2.24, 2.45) is 0 Å². The Morgan fingerprint density at radius 2 is 1.68 bits per heavy atom. The van der Waals surface area contributed by atoms with Gasteiger partial charge in [0.1, 0.15) is 12.6 Å². The molecule has 1 fully saturated rings. The van der Waals surface area contributed by atoms with Gasteiger partial charge in [0, 0.05) is 24.8 Å². The van der Waals surface area contributed by atoms with E-state index in [-0.39, 0.29) is 41.3 Å². The van der Waals surface area contributed by atoms with Gasteiger partial charge in [0.05, 0.1) is 4.90 Å². The first kappa shape index (κ1) is 29.5. The monoisotopic (exact) mass is 582 g/mol.